The number of benzene rings is 4. The zero-order valence-corrected chi connectivity index (χ0v) is 42.6. The van der Waals surface area contributed by atoms with Crippen LogP contribution in [-0.4, -0.2) is 150 Å². The number of esters is 4. The van der Waals surface area contributed by atoms with E-state index >= 15 is 0 Å². The second-order valence-corrected chi connectivity index (χ2v) is 20.2. The summed E-state index contributed by atoms with van der Waals surface area (Å²) in [5, 5.41) is 18.2. The lowest BCUT2D eigenvalue weighted by molar-refractivity contribution is -0.163. The number of hydrogen-bond donors (Lipinski definition) is 0. The molecule has 0 radical (unpaired) electrons. The Morgan fingerprint density at radius 2 is 1.01 bits per heavy atom. The van der Waals surface area contributed by atoms with Gasteiger partial charge in [-0.25, -0.2) is 9.36 Å². The molecular weight excluding hydrogens is 917 g/mol. The Labute approximate surface area is 422 Å². The number of nitrogens with zero attached hydrogens (tertiary/aromatic N) is 10. The van der Waals surface area contributed by atoms with Crippen LogP contribution in [0.25, 0.3) is 22.1 Å². The topological polar surface area (TPSA) is 180 Å². The fourth-order valence-electron chi connectivity index (χ4n) is 8.71. The summed E-state index contributed by atoms with van der Waals surface area (Å²) in [5.41, 5.74) is 3.42. The van der Waals surface area contributed by atoms with E-state index in [4.69, 9.17) is 18.9 Å². The van der Waals surface area contributed by atoms with Gasteiger partial charge in [-0.15, -0.1) is 10.2 Å². The second kappa shape index (κ2) is 25.2. The molecule has 4 aromatic carbocycles. The van der Waals surface area contributed by atoms with E-state index < -0.39 is 35.3 Å². The van der Waals surface area contributed by atoms with Gasteiger partial charge in [-0.2, -0.15) is 0 Å². The predicted molar refractivity (Wildman–Crippen MR) is 272 cm³/mol. The van der Waals surface area contributed by atoms with Crippen LogP contribution in [0.3, 0.4) is 0 Å². The van der Waals surface area contributed by atoms with E-state index in [1.165, 1.54) is 0 Å². The first-order valence-corrected chi connectivity index (χ1v) is 24.9. The van der Waals surface area contributed by atoms with E-state index in [-0.39, 0.29) is 51.0 Å². The molecule has 0 N–H and O–H groups in total. The molecule has 0 amide bonds. The first-order chi connectivity index (χ1) is 34.6. The van der Waals surface area contributed by atoms with Crippen LogP contribution in [0.5, 0.6) is 0 Å². The van der Waals surface area contributed by atoms with Crippen molar-refractivity contribution in [1.29, 1.82) is 0 Å². The number of carbonyl (C=O) groups excluding carboxylic acids is 4. The number of ether oxygens (including phenoxy) is 4. The van der Waals surface area contributed by atoms with Crippen LogP contribution in [0.15, 0.2) is 109 Å². The number of para-hydroxylation sites is 2. The van der Waals surface area contributed by atoms with Crippen molar-refractivity contribution in [1.82, 2.24) is 49.6 Å². The van der Waals surface area contributed by atoms with Crippen molar-refractivity contribution >= 4 is 45.9 Å². The van der Waals surface area contributed by atoms with Crippen molar-refractivity contribution < 1.29 is 38.1 Å². The Kier molecular flexibility index (Phi) is 18.6. The summed E-state index contributed by atoms with van der Waals surface area (Å²) in [7, 11) is 0. The maximum Gasteiger partial charge on any atom is 0.323 e. The van der Waals surface area contributed by atoms with Crippen molar-refractivity contribution in [3.05, 3.63) is 120 Å². The Bertz CT molecular complexity index is 2680. The van der Waals surface area contributed by atoms with Crippen LogP contribution in [0.1, 0.15) is 84.5 Å². The molecule has 18 heteroatoms. The molecule has 0 bridgehead atoms. The summed E-state index contributed by atoms with van der Waals surface area (Å²) >= 11 is 0. The Hall–Kier alpha value is -6.60. The van der Waals surface area contributed by atoms with Crippen LogP contribution < -0.4 is 0 Å². The van der Waals surface area contributed by atoms with Gasteiger partial charge in [0.05, 0.1) is 24.2 Å². The fraction of sp³-hybridized carbons (Fsp3) is 0.481. The van der Waals surface area contributed by atoms with Gasteiger partial charge in [-0.3, -0.25) is 38.8 Å². The van der Waals surface area contributed by atoms with Crippen molar-refractivity contribution in [3.8, 4) is 0 Å². The second-order valence-electron chi connectivity index (χ2n) is 20.2. The SMILES string of the molecule is CC(C)(C)OC(=O)CN1CCN(C(CCC(=O)OCc2ccccc2)C(=O)OC(C)(C)C)CCN(Cn2nnc3ccccc32)CCN(C(CCC(=O)OCc2ccccc2)n2nnc3ccccc32)CC1. The maximum atomic E-state index is 14.4. The Morgan fingerprint density at radius 3 is 1.60 bits per heavy atom. The van der Waals surface area contributed by atoms with E-state index in [0.717, 1.165) is 33.2 Å². The monoisotopic (exact) mass is 987 g/mol. The highest BCUT2D eigenvalue weighted by Gasteiger charge is 2.34. The highest BCUT2D eigenvalue weighted by molar-refractivity contribution is 5.78. The van der Waals surface area contributed by atoms with E-state index in [1.54, 1.807) is 0 Å². The quantitative estimate of drug-likeness (QED) is 0.0659. The van der Waals surface area contributed by atoms with Gasteiger partial charge in [0.15, 0.2) is 0 Å². The molecule has 2 atom stereocenters. The third kappa shape index (κ3) is 16.2. The van der Waals surface area contributed by atoms with Gasteiger partial charge >= 0.3 is 23.9 Å². The molecule has 6 aromatic rings. The van der Waals surface area contributed by atoms with Gasteiger partial charge in [0, 0.05) is 65.2 Å². The average molecular weight is 987 g/mol. The molecule has 1 saturated heterocycles. The van der Waals surface area contributed by atoms with Gasteiger partial charge in [0.2, 0.25) is 0 Å². The van der Waals surface area contributed by atoms with E-state index in [0.29, 0.717) is 65.4 Å². The zero-order valence-electron chi connectivity index (χ0n) is 42.6. The van der Waals surface area contributed by atoms with Crippen molar-refractivity contribution in [2.75, 3.05) is 58.9 Å². The summed E-state index contributed by atoms with van der Waals surface area (Å²) < 4.78 is 27.2. The standard InChI is InChI=1S/C54H70N10O8/c1-53(2,3)71-51(67)37-59-29-33-61(47(52(68)72-54(4,5)6)25-27-49(65)69-38-41-17-9-7-10-18-41)34-31-60(40-63-45-23-15-13-21-43(45)55-57-63)32-36-62(35-30-59)48(64-46-24-16-14-22-44(46)56-58-64)26-28-50(66)70-39-42-19-11-8-12-20-42/h7-24,47-48H,25-40H2,1-6H3. The molecule has 384 valence electrons. The van der Waals surface area contributed by atoms with Crippen molar-refractivity contribution in [2.24, 2.45) is 0 Å². The number of aromatic nitrogens is 6. The van der Waals surface area contributed by atoms with Crippen LogP contribution in [-0.2, 0) is 58.0 Å². The number of rotatable bonds is 18. The number of hydrogen-bond acceptors (Lipinski definition) is 16. The summed E-state index contributed by atoms with van der Waals surface area (Å²) in [6, 6.07) is 33.8. The molecule has 3 heterocycles. The van der Waals surface area contributed by atoms with Gasteiger partial charge in [0.25, 0.3) is 0 Å². The molecule has 1 fully saturated rings. The fourth-order valence-corrected chi connectivity index (χ4v) is 8.71. The lowest BCUT2D eigenvalue weighted by Crippen LogP contribution is -2.52. The van der Waals surface area contributed by atoms with E-state index in [9.17, 15) is 19.2 Å². The van der Waals surface area contributed by atoms with E-state index in [1.807, 2.05) is 165 Å². The van der Waals surface area contributed by atoms with Crippen molar-refractivity contribution in [3.63, 3.8) is 0 Å². The van der Waals surface area contributed by atoms with Crippen LogP contribution in [0, 0.1) is 0 Å². The first kappa shape index (κ1) is 53.2. The molecule has 0 saturated carbocycles. The molecule has 72 heavy (non-hydrogen) atoms. The lowest BCUT2D eigenvalue weighted by Gasteiger charge is -2.39. The van der Waals surface area contributed by atoms with Crippen LogP contribution in [0.4, 0.5) is 0 Å². The summed E-state index contributed by atoms with van der Waals surface area (Å²) in [6.07, 6.45) is 0.157. The van der Waals surface area contributed by atoms with Crippen LogP contribution >= 0.6 is 0 Å². The third-order valence-corrected chi connectivity index (χ3v) is 12.3. The summed E-state index contributed by atoms with van der Waals surface area (Å²) in [4.78, 5) is 63.6. The molecular formula is C54H70N10O8. The minimum atomic E-state index is -0.822. The van der Waals surface area contributed by atoms with Crippen LogP contribution in [0.2, 0.25) is 0 Å². The van der Waals surface area contributed by atoms with Gasteiger partial charge in [-0.05, 0) is 89.8 Å². The third-order valence-electron chi connectivity index (χ3n) is 12.3. The normalized spacial score (nSPS) is 16.1. The number of fused-ring (bicyclic) bond motifs is 2. The molecule has 0 spiro atoms. The first-order valence-electron chi connectivity index (χ1n) is 24.9. The molecule has 1 aliphatic heterocycles. The van der Waals surface area contributed by atoms with Gasteiger partial charge in [0.1, 0.15) is 47.7 Å². The highest BCUT2D eigenvalue weighted by Crippen LogP contribution is 2.25. The highest BCUT2D eigenvalue weighted by atomic mass is 16.6. The minimum absolute atomic E-state index is 0.0172. The zero-order chi connectivity index (χ0) is 51.1. The Balaban J connectivity index is 1.21. The van der Waals surface area contributed by atoms with E-state index in [2.05, 4.69) is 35.3 Å². The molecule has 2 unspecified atom stereocenters. The largest absolute Gasteiger partial charge is 0.461 e. The predicted octanol–water partition coefficient (Wildman–Crippen LogP) is 6.65. The smallest absolute Gasteiger partial charge is 0.323 e. The molecule has 18 nitrogen and oxygen atoms in total. The lowest BCUT2D eigenvalue weighted by atomic mass is 10.1. The molecule has 1 aliphatic rings. The molecule has 2 aromatic heterocycles. The van der Waals surface area contributed by atoms with Gasteiger partial charge < -0.3 is 18.9 Å². The summed E-state index contributed by atoms with van der Waals surface area (Å²) in [6.45, 7) is 15.1. The Morgan fingerprint density at radius 1 is 0.528 bits per heavy atom. The molecule has 0 aliphatic carbocycles. The molecule has 7 rings (SSSR count). The minimum Gasteiger partial charge on any atom is -0.461 e. The van der Waals surface area contributed by atoms with Gasteiger partial charge in [-0.1, -0.05) is 95.4 Å². The van der Waals surface area contributed by atoms with Crippen molar-refractivity contribution in [2.45, 2.75) is 111 Å². The summed E-state index contributed by atoms with van der Waals surface area (Å²) in [5.74, 6) is -1.59. The average Bonchev–Trinajstić information content (AvgIpc) is 3.96. The maximum absolute atomic E-state index is 14.4. The number of carbonyl (C=O) groups is 4.